The molecule has 164 valence electrons. The molecule has 1 aliphatic rings. The first-order chi connectivity index (χ1) is 15.6. The molecule has 0 aliphatic carbocycles. The molecule has 10 heteroatoms. The lowest BCUT2D eigenvalue weighted by Gasteiger charge is -2.32. The minimum absolute atomic E-state index is 0.0619. The minimum Gasteiger partial charge on any atom is -0.367 e. The van der Waals surface area contributed by atoms with Gasteiger partial charge in [-0.2, -0.15) is 0 Å². The molecular weight excluding hydrogens is 451 g/mol. The van der Waals surface area contributed by atoms with Gasteiger partial charge in [0, 0.05) is 43.0 Å². The normalized spacial score (nSPS) is 16.4. The molecule has 0 radical (unpaired) electrons. The highest BCUT2D eigenvalue weighted by molar-refractivity contribution is 7.12. The number of piperidine rings is 1. The smallest absolute Gasteiger partial charge is 0.263 e. The van der Waals surface area contributed by atoms with Gasteiger partial charge >= 0.3 is 0 Å². The van der Waals surface area contributed by atoms with Gasteiger partial charge < -0.3 is 15.2 Å². The highest BCUT2D eigenvalue weighted by atomic mass is 35.5. The molecule has 0 saturated carbocycles. The summed E-state index contributed by atoms with van der Waals surface area (Å²) in [6, 6.07) is 5.50. The molecule has 0 bridgehead atoms. The fourth-order valence-electron chi connectivity index (χ4n) is 4.00. The number of likely N-dealkylation sites (tertiary alicyclic amines) is 1. The molecule has 2 N–H and O–H groups in total. The van der Waals surface area contributed by atoms with Crippen LogP contribution in [0.5, 0.6) is 0 Å². The van der Waals surface area contributed by atoms with Crippen LogP contribution in [0.3, 0.4) is 0 Å². The van der Waals surface area contributed by atoms with Crippen LogP contribution in [0.2, 0.25) is 5.02 Å². The molecule has 0 spiro atoms. The molecule has 4 aromatic heterocycles. The van der Waals surface area contributed by atoms with Crippen LogP contribution in [0.1, 0.15) is 22.5 Å². The first kappa shape index (κ1) is 20.8. The van der Waals surface area contributed by atoms with E-state index in [1.54, 1.807) is 18.5 Å². The van der Waals surface area contributed by atoms with E-state index < -0.39 is 5.82 Å². The number of aromatic nitrogens is 4. The Balaban J connectivity index is 1.30. The summed E-state index contributed by atoms with van der Waals surface area (Å²) in [5, 5.41) is 6.30. The van der Waals surface area contributed by atoms with Crippen LogP contribution < -0.4 is 5.32 Å². The van der Waals surface area contributed by atoms with Crippen molar-refractivity contribution < 1.29 is 9.18 Å². The van der Waals surface area contributed by atoms with Crippen molar-refractivity contribution in [1.29, 1.82) is 0 Å². The van der Waals surface area contributed by atoms with E-state index in [2.05, 4.69) is 25.3 Å². The summed E-state index contributed by atoms with van der Waals surface area (Å²) in [7, 11) is 0. The van der Waals surface area contributed by atoms with Crippen molar-refractivity contribution in [1.82, 2.24) is 24.8 Å². The van der Waals surface area contributed by atoms with Crippen LogP contribution in [0.25, 0.3) is 22.4 Å². The number of nitrogens with one attached hydrogen (secondary N) is 2. The monoisotopic (exact) mass is 470 g/mol. The molecule has 32 heavy (non-hydrogen) atoms. The average molecular weight is 471 g/mol. The zero-order valence-electron chi connectivity index (χ0n) is 17.0. The fourth-order valence-corrected chi connectivity index (χ4v) is 4.85. The van der Waals surface area contributed by atoms with Gasteiger partial charge in [0.2, 0.25) is 0 Å². The van der Waals surface area contributed by atoms with E-state index in [0.29, 0.717) is 35.1 Å². The van der Waals surface area contributed by atoms with Gasteiger partial charge in [-0.05, 0) is 36.3 Å². The van der Waals surface area contributed by atoms with Gasteiger partial charge in [0.15, 0.2) is 17.5 Å². The fraction of sp³-hybridized carbons (Fsp3) is 0.273. The third-order valence-electron chi connectivity index (χ3n) is 5.58. The van der Waals surface area contributed by atoms with Crippen molar-refractivity contribution in [3.8, 4) is 11.4 Å². The lowest BCUT2D eigenvalue weighted by Crippen LogP contribution is -2.41. The van der Waals surface area contributed by atoms with Gasteiger partial charge in [0.1, 0.15) is 5.65 Å². The number of carbonyl (C=O) groups is 1. The maximum atomic E-state index is 14.4. The third kappa shape index (κ3) is 4.18. The Labute approximate surface area is 192 Å². The number of H-pyrrole nitrogens is 1. The molecule has 1 amide bonds. The zero-order valence-corrected chi connectivity index (χ0v) is 18.6. The Hall–Kier alpha value is -3.04. The number of nitrogens with zero attached hydrogens (tertiary/aromatic N) is 4. The minimum atomic E-state index is -0.521. The molecule has 5 heterocycles. The second-order valence-electron chi connectivity index (χ2n) is 7.76. The molecule has 7 nitrogen and oxygen atoms in total. The van der Waals surface area contributed by atoms with E-state index in [9.17, 15) is 9.18 Å². The molecule has 0 unspecified atom stereocenters. The summed E-state index contributed by atoms with van der Waals surface area (Å²) in [5.41, 5.74) is 1.35. The topological polar surface area (TPSA) is 86.8 Å². The number of aromatic amines is 1. The molecule has 1 fully saturated rings. The van der Waals surface area contributed by atoms with Crippen LogP contribution in [-0.4, -0.2) is 50.4 Å². The Bertz CT molecular complexity index is 1260. The number of carbonyl (C=O) groups excluding carboxylic acids is 1. The second kappa shape index (κ2) is 8.84. The molecule has 1 aliphatic heterocycles. The molecule has 1 saturated heterocycles. The number of pyridine rings is 1. The molecular formula is C22H20ClFN6OS. The van der Waals surface area contributed by atoms with Crippen LogP contribution in [0, 0.1) is 11.7 Å². The van der Waals surface area contributed by atoms with Crippen LogP contribution in [-0.2, 0) is 0 Å². The predicted molar refractivity (Wildman–Crippen MR) is 124 cm³/mol. The number of anilines is 1. The number of hydrogen-bond acceptors (Lipinski definition) is 6. The summed E-state index contributed by atoms with van der Waals surface area (Å²) < 4.78 is 14.4. The Morgan fingerprint density at radius 2 is 2.28 bits per heavy atom. The van der Waals surface area contributed by atoms with E-state index in [1.807, 2.05) is 22.4 Å². The van der Waals surface area contributed by atoms with Crippen molar-refractivity contribution in [2.45, 2.75) is 12.8 Å². The van der Waals surface area contributed by atoms with E-state index >= 15 is 0 Å². The quantitative estimate of drug-likeness (QED) is 0.436. The second-order valence-corrected chi connectivity index (χ2v) is 9.14. The molecule has 1 atom stereocenters. The Kier molecular flexibility index (Phi) is 5.75. The number of fused-ring (bicyclic) bond motifs is 1. The number of rotatable bonds is 5. The lowest BCUT2D eigenvalue weighted by molar-refractivity contribution is 0.0685. The maximum absolute atomic E-state index is 14.4. The van der Waals surface area contributed by atoms with E-state index in [1.165, 1.54) is 11.3 Å². The van der Waals surface area contributed by atoms with Crippen LogP contribution in [0.4, 0.5) is 10.2 Å². The van der Waals surface area contributed by atoms with Crippen molar-refractivity contribution in [3.63, 3.8) is 0 Å². The number of hydrogen-bond donors (Lipinski definition) is 2. The van der Waals surface area contributed by atoms with Gasteiger partial charge in [-0.1, -0.05) is 17.7 Å². The van der Waals surface area contributed by atoms with Gasteiger partial charge in [0.05, 0.1) is 16.1 Å². The molecule has 4 aromatic rings. The highest BCUT2D eigenvalue weighted by Crippen LogP contribution is 2.28. The van der Waals surface area contributed by atoms with E-state index in [0.717, 1.165) is 35.8 Å². The lowest BCUT2D eigenvalue weighted by atomic mass is 9.98. The number of thiophene rings is 1. The number of amides is 1. The Morgan fingerprint density at radius 1 is 1.38 bits per heavy atom. The number of halogens is 2. The largest absolute Gasteiger partial charge is 0.367 e. The summed E-state index contributed by atoms with van der Waals surface area (Å²) >= 11 is 7.53. The Morgan fingerprint density at radius 3 is 3.12 bits per heavy atom. The average Bonchev–Trinajstić information content (AvgIpc) is 3.48. The van der Waals surface area contributed by atoms with Gasteiger partial charge in [-0.15, -0.1) is 11.3 Å². The van der Waals surface area contributed by atoms with Crippen molar-refractivity contribution in [2.75, 3.05) is 25.0 Å². The summed E-state index contributed by atoms with van der Waals surface area (Å²) in [6.45, 7) is 1.90. The van der Waals surface area contributed by atoms with Crippen LogP contribution >= 0.6 is 22.9 Å². The summed E-state index contributed by atoms with van der Waals surface area (Å²) in [4.78, 5) is 31.1. The first-order valence-electron chi connectivity index (χ1n) is 10.3. The van der Waals surface area contributed by atoms with Gasteiger partial charge in [0.25, 0.3) is 5.91 Å². The standard InChI is InChI=1S/C22H20ClFN6OS/c23-14-7-15-16(10-27-19(15)26-9-14)20-28-11-17(24)21(29-20)25-8-13-3-1-5-30(12-13)22(31)18-4-2-6-32-18/h2,4,6-7,9-11,13H,1,3,5,8,12H2,(H,26,27)(H,25,28,29)/t13-/m0/s1. The van der Waals surface area contributed by atoms with Crippen molar-refractivity contribution in [2.24, 2.45) is 5.92 Å². The predicted octanol–water partition coefficient (Wildman–Crippen LogP) is 4.84. The van der Waals surface area contributed by atoms with Gasteiger partial charge in [-0.3, -0.25) is 4.79 Å². The molecule has 0 aromatic carbocycles. The van der Waals surface area contributed by atoms with Crippen molar-refractivity contribution in [3.05, 3.63) is 57.9 Å². The first-order valence-corrected chi connectivity index (χ1v) is 11.6. The third-order valence-corrected chi connectivity index (χ3v) is 6.64. The molecule has 5 rings (SSSR count). The summed E-state index contributed by atoms with van der Waals surface area (Å²) in [6.07, 6.45) is 6.34. The zero-order chi connectivity index (χ0) is 22.1. The maximum Gasteiger partial charge on any atom is 0.263 e. The van der Waals surface area contributed by atoms with Gasteiger partial charge in [-0.25, -0.2) is 19.3 Å². The highest BCUT2D eigenvalue weighted by Gasteiger charge is 2.25. The van der Waals surface area contributed by atoms with Crippen LogP contribution in [0.15, 0.2) is 42.2 Å². The van der Waals surface area contributed by atoms with Crippen molar-refractivity contribution >= 4 is 45.7 Å². The SMILES string of the molecule is O=C(c1cccs1)N1CCC[C@@H](CNc2nc(-c3c[nH]c4ncc(Cl)cc34)ncc2F)C1. The summed E-state index contributed by atoms with van der Waals surface area (Å²) in [5.74, 6) is 0.267. The van der Waals surface area contributed by atoms with E-state index in [-0.39, 0.29) is 17.6 Å². The van der Waals surface area contributed by atoms with E-state index in [4.69, 9.17) is 11.6 Å².